The number of nitrogens with zero attached hydrogens (tertiary/aromatic N) is 2. The van der Waals surface area contributed by atoms with E-state index in [4.69, 9.17) is 9.26 Å². The molecule has 0 saturated heterocycles. The van der Waals surface area contributed by atoms with Gasteiger partial charge in [-0.1, -0.05) is 31.1 Å². The number of anilines is 1. The van der Waals surface area contributed by atoms with Crippen molar-refractivity contribution in [3.8, 4) is 5.75 Å². The second-order valence-electron chi connectivity index (χ2n) is 7.08. The summed E-state index contributed by atoms with van der Waals surface area (Å²) in [5.74, 6) is 2.05. The number of hydrogen-bond donors (Lipinski definition) is 1. The maximum Gasteiger partial charge on any atom is 0.227 e. The quantitative estimate of drug-likeness (QED) is 0.908. The molecule has 1 aliphatic heterocycles. The van der Waals surface area contributed by atoms with Crippen molar-refractivity contribution >= 4 is 11.6 Å². The van der Waals surface area contributed by atoms with E-state index in [1.165, 1.54) is 0 Å². The number of aromatic nitrogens is 2. The normalized spacial score (nSPS) is 15.2. The highest BCUT2D eigenvalue weighted by Gasteiger charge is 2.31. The van der Waals surface area contributed by atoms with E-state index in [-0.39, 0.29) is 23.8 Å². The number of ether oxygens (including phenoxy) is 1. The number of carbonyl (C=O) groups excluding carboxylic acids is 1. The van der Waals surface area contributed by atoms with Crippen molar-refractivity contribution in [2.24, 2.45) is 0 Å². The van der Waals surface area contributed by atoms with E-state index in [2.05, 4.69) is 15.5 Å². The van der Waals surface area contributed by atoms with Crippen LogP contribution in [0, 0.1) is 0 Å². The zero-order chi connectivity index (χ0) is 17.3. The van der Waals surface area contributed by atoms with Gasteiger partial charge in [-0.25, -0.2) is 0 Å². The molecule has 0 atom stereocenters. The summed E-state index contributed by atoms with van der Waals surface area (Å²) >= 11 is 0. The maximum absolute atomic E-state index is 12.2. The summed E-state index contributed by atoms with van der Waals surface area (Å²) in [7, 11) is 0. The Morgan fingerprint density at radius 1 is 1.38 bits per heavy atom. The van der Waals surface area contributed by atoms with Crippen LogP contribution in [-0.2, 0) is 17.6 Å². The lowest BCUT2D eigenvalue weighted by atomic mass is 10.0. The molecule has 24 heavy (non-hydrogen) atoms. The Morgan fingerprint density at radius 3 is 2.88 bits per heavy atom. The smallest absolute Gasteiger partial charge is 0.227 e. The van der Waals surface area contributed by atoms with E-state index in [0.29, 0.717) is 18.1 Å². The number of amides is 1. The van der Waals surface area contributed by atoms with Crippen LogP contribution in [0.1, 0.15) is 57.3 Å². The lowest BCUT2D eigenvalue weighted by molar-refractivity contribution is -0.116. The maximum atomic E-state index is 12.2. The monoisotopic (exact) mass is 329 g/mol. The third-order valence-electron chi connectivity index (χ3n) is 3.93. The molecule has 0 fully saturated rings. The SMILES string of the molecule is CC(C)c1noc(CCC(=O)Nc2cccc3c2OC(C)(C)C3)n1. The first-order valence-corrected chi connectivity index (χ1v) is 8.27. The summed E-state index contributed by atoms with van der Waals surface area (Å²) in [6.45, 7) is 8.08. The minimum absolute atomic E-state index is 0.0963. The van der Waals surface area contributed by atoms with Gasteiger partial charge in [0.25, 0.3) is 0 Å². The summed E-state index contributed by atoms with van der Waals surface area (Å²) in [6, 6.07) is 5.83. The van der Waals surface area contributed by atoms with Crippen LogP contribution >= 0.6 is 0 Å². The minimum Gasteiger partial charge on any atom is -0.485 e. The van der Waals surface area contributed by atoms with Gasteiger partial charge in [-0.2, -0.15) is 4.98 Å². The number of para-hydroxylation sites is 1. The fraction of sp³-hybridized carbons (Fsp3) is 0.500. The van der Waals surface area contributed by atoms with Crippen molar-refractivity contribution in [3.05, 3.63) is 35.5 Å². The van der Waals surface area contributed by atoms with Crippen LogP contribution in [0.5, 0.6) is 5.75 Å². The second-order valence-corrected chi connectivity index (χ2v) is 7.08. The molecule has 0 radical (unpaired) electrons. The molecule has 1 aromatic carbocycles. The Bertz CT molecular complexity index is 750. The van der Waals surface area contributed by atoms with Crippen LogP contribution in [-0.4, -0.2) is 21.6 Å². The Hall–Kier alpha value is -2.37. The number of rotatable bonds is 5. The molecule has 1 aliphatic rings. The highest BCUT2D eigenvalue weighted by molar-refractivity contribution is 5.92. The molecule has 0 spiro atoms. The van der Waals surface area contributed by atoms with Crippen molar-refractivity contribution in [2.45, 2.75) is 58.5 Å². The lowest BCUT2D eigenvalue weighted by Crippen LogP contribution is -2.25. The molecule has 1 N–H and O–H groups in total. The van der Waals surface area contributed by atoms with Gasteiger partial charge in [-0.05, 0) is 19.9 Å². The number of aryl methyl sites for hydroxylation is 1. The summed E-state index contributed by atoms with van der Waals surface area (Å²) < 4.78 is 11.1. The number of carbonyl (C=O) groups is 1. The third kappa shape index (κ3) is 3.58. The van der Waals surface area contributed by atoms with Crippen LogP contribution in [0.25, 0.3) is 0 Å². The molecule has 6 nitrogen and oxygen atoms in total. The van der Waals surface area contributed by atoms with Gasteiger partial charge in [0.2, 0.25) is 11.8 Å². The van der Waals surface area contributed by atoms with Crippen LogP contribution in [0.2, 0.25) is 0 Å². The highest BCUT2D eigenvalue weighted by atomic mass is 16.5. The van der Waals surface area contributed by atoms with Gasteiger partial charge < -0.3 is 14.6 Å². The van der Waals surface area contributed by atoms with Gasteiger partial charge in [-0.3, -0.25) is 4.79 Å². The van der Waals surface area contributed by atoms with E-state index in [1.54, 1.807) is 0 Å². The molecule has 1 amide bonds. The Morgan fingerprint density at radius 2 is 2.17 bits per heavy atom. The first-order chi connectivity index (χ1) is 11.3. The Balaban J connectivity index is 1.61. The van der Waals surface area contributed by atoms with Crippen molar-refractivity contribution < 1.29 is 14.1 Å². The molecular formula is C18H23N3O3. The average molecular weight is 329 g/mol. The van der Waals surface area contributed by atoms with Crippen molar-refractivity contribution in [2.75, 3.05) is 5.32 Å². The molecule has 2 heterocycles. The van der Waals surface area contributed by atoms with Crippen molar-refractivity contribution in [1.82, 2.24) is 10.1 Å². The van der Waals surface area contributed by atoms with Gasteiger partial charge in [-0.15, -0.1) is 0 Å². The zero-order valence-corrected chi connectivity index (χ0v) is 14.5. The summed E-state index contributed by atoms with van der Waals surface area (Å²) in [6.07, 6.45) is 1.55. The van der Waals surface area contributed by atoms with Crippen molar-refractivity contribution in [1.29, 1.82) is 0 Å². The topological polar surface area (TPSA) is 77.2 Å². The molecular weight excluding hydrogens is 306 g/mol. The number of benzene rings is 1. The fourth-order valence-electron chi connectivity index (χ4n) is 2.75. The van der Waals surface area contributed by atoms with Crippen LogP contribution < -0.4 is 10.1 Å². The largest absolute Gasteiger partial charge is 0.485 e. The zero-order valence-electron chi connectivity index (χ0n) is 14.5. The van der Waals surface area contributed by atoms with Gasteiger partial charge in [0.05, 0.1) is 5.69 Å². The fourth-order valence-corrected chi connectivity index (χ4v) is 2.75. The second kappa shape index (κ2) is 6.26. The van der Waals surface area contributed by atoms with Gasteiger partial charge in [0, 0.05) is 30.7 Å². The molecule has 0 saturated carbocycles. The number of hydrogen-bond acceptors (Lipinski definition) is 5. The molecule has 6 heteroatoms. The Labute approximate surface area is 141 Å². The third-order valence-corrected chi connectivity index (χ3v) is 3.93. The highest BCUT2D eigenvalue weighted by Crippen LogP contribution is 2.40. The molecule has 128 valence electrons. The molecule has 0 unspecified atom stereocenters. The average Bonchev–Trinajstić information content (AvgIpc) is 3.08. The van der Waals surface area contributed by atoms with E-state index in [1.807, 2.05) is 45.9 Å². The first-order valence-electron chi connectivity index (χ1n) is 8.27. The Kier molecular flexibility index (Phi) is 4.30. The standard InChI is InChI=1S/C18H23N3O3/c1-11(2)17-20-15(24-21-17)9-8-14(22)19-13-7-5-6-12-10-18(3,4)23-16(12)13/h5-7,11H,8-10H2,1-4H3,(H,19,22). The van der Waals surface area contributed by atoms with Gasteiger partial charge >= 0.3 is 0 Å². The van der Waals surface area contributed by atoms with Crippen molar-refractivity contribution in [3.63, 3.8) is 0 Å². The molecule has 0 aliphatic carbocycles. The molecule has 0 bridgehead atoms. The van der Waals surface area contributed by atoms with Gasteiger partial charge in [0.15, 0.2) is 5.82 Å². The molecule has 2 aromatic rings. The predicted molar refractivity (Wildman–Crippen MR) is 90.2 cm³/mol. The van der Waals surface area contributed by atoms with Crippen LogP contribution in [0.15, 0.2) is 22.7 Å². The summed E-state index contributed by atoms with van der Waals surface area (Å²) in [5, 5.41) is 6.83. The first kappa shape index (κ1) is 16.5. The van der Waals surface area contributed by atoms with Gasteiger partial charge in [0.1, 0.15) is 11.4 Å². The number of fused-ring (bicyclic) bond motifs is 1. The summed E-state index contributed by atoms with van der Waals surface area (Å²) in [5.41, 5.74) is 1.60. The predicted octanol–water partition coefficient (Wildman–Crippen LogP) is 3.48. The van der Waals surface area contributed by atoms with Crippen LogP contribution in [0.3, 0.4) is 0 Å². The summed E-state index contributed by atoms with van der Waals surface area (Å²) in [4.78, 5) is 16.5. The molecule has 1 aromatic heterocycles. The number of nitrogens with one attached hydrogen (secondary N) is 1. The molecule has 3 rings (SSSR count). The van der Waals surface area contributed by atoms with E-state index >= 15 is 0 Å². The van der Waals surface area contributed by atoms with Crippen LogP contribution in [0.4, 0.5) is 5.69 Å². The van der Waals surface area contributed by atoms with E-state index < -0.39 is 0 Å². The van der Waals surface area contributed by atoms with E-state index in [9.17, 15) is 4.79 Å². The minimum atomic E-state index is -0.236. The van der Waals surface area contributed by atoms with E-state index in [0.717, 1.165) is 23.4 Å². The lowest BCUT2D eigenvalue weighted by Gasteiger charge is -2.18.